The number of nitrogens with zero attached hydrogens (tertiary/aromatic N) is 4. The summed E-state index contributed by atoms with van der Waals surface area (Å²) in [5.41, 5.74) is 0.485. The second-order valence-electron chi connectivity index (χ2n) is 10.3. The molecule has 0 radical (unpaired) electrons. The summed E-state index contributed by atoms with van der Waals surface area (Å²) in [5, 5.41) is 29.8. The van der Waals surface area contributed by atoms with Crippen molar-refractivity contribution in [3.8, 4) is 0 Å². The number of imidazole rings is 1. The van der Waals surface area contributed by atoms with Crippen molar-refractivity contribution >= 4 is 74.9 Å². The second-order valence-corrected chi connectivity index (χ2v) is 15.4. The number of anilines is 1. The number of hydrogen-bond donors (Lipinski definition) is 9. The zero-order chi connectivity index (χ0) is 35.5. The molecule has 272 valence electrons. The first-order valence-electron chi connectivity index (χ1n) is 14.3. The Morgan fingerprint density at radius 1 is 0.875 bits per heavy atom. The molecule has 2 amide bonds. The number of aliphatic hydroxyl groups is 2. The van der Waals surface area contributed by atoms with E-state index >= 15 is 0 Å². The lowest BCUT2D eigenvalue weighted by atomic mass is 10.1. The van der Waals surface area contributed by atoms with Gasteiger partial charge in [-0.25, -0.2) is 28.6 Å². The summed E-state index contributed by atoms with van der Waals surface area (Å²) in [4.78, 5) is 72.0. The number of carbonyl (C=O) groups is 2. The molecule has 26 heteroatoms. The van der Waals surface area contributed by atoms with Crippen LogP contribution in [0.4, 0.5) is 5.82 Å². The summed E-state index contributed by atoms with van der Waals surface area (Å²) < 4.78 is 53.4. The van der Waals surface area contributed by atoms with Crippen LogP contribution in [0.3, 0.4) is 0 Å². The van der Waals surface area contributed by atoms with Crippen molar-refractivity contribution in [2.75, 3.05) is 36.0 Å². The van der Waals surface area contributed by atoms with Gasteiger partial charge in [-0.2, -0.15) is 8.62 Å². The van der Waals surface area contributed by atoms with Gasteiger partial charge in [0, 0.05) is 26.1 Å². The van der Waals surface area contributed by atoms with Gasteiger partial charge in [0.25, 0.3) is 0 Å². The molecule has 1 fully saturated rings. The van der Waals surface area contributed by atoms with E-state index in [1.54, 1.807) is 0 Å². The smallest absolute Gasteiger partial charge is 0.387 e. The number of alkyl halides is 1. The maximum absolute atomic E-state index is 12.0. The van der Waals surface area contributed by atoms with Crippen LogP contribution in [-0.4, -0.2) is 110 Å². The predicted octanol–water partition coefficient (Wildman–Crippen LogP) is 0.209. The Hall–Kier alpha value is -1.69. The van der Waals surface area contributed by atoms with Crippen molar-refractivity contribution in [1.29, 1.82) is 0 Å². The Bertz CT molecular complexity index is 1530. The van der Waals surface area contributed by atoms with E-state index in [2.05, 4.69) is 44.0 Å². The fraction of sp³-hybridized carbons (Fsp3) is 0.682. The van der Waals surface area contributed by atoms with Crippen molar-refractivity contribution in [1.82, 2.24) is 30.2 Å². The van der Waals surface area contributed by atoms with Crippen LogP contribution in [0.2, 0.25) is 0 Å². The largest absolute Gasteiger partial charge is 0.490 e. The van der Waals surface area contributed by atoms with Crippen LogP contribution in [0.15, 0.2) is 12.7 Å². The van der Waals surface area contributed by atoms with Crippen molar-refractivity contribution in [3.05, 3.63) is 12.7 Å². The van der Waals surface area contributed by atoms with Crippen LogP contribution in [-0.2, 0) is 41.2 Å². The van der Waals surface area contributed by atoms with Gasteiger partial charge < -0.3 is 50.5 Å². The molecule has 0 spiro atoms. The second kappa shape index (κ2) is 18.5. The number of unbranched alkanes of at least 4 members (excludes halogenated alkanes) is 3. The number of phosphoric ester groups is 1. The molecule has 2 aromatic rings. The third kappa shape index (κ3) is 13.2. The molecule has 2 aromatic heterocycles. The van der Waals surface area contributed by atoms with Crippen LogP contribution >= 0.6 is 46.1 Å². The first kappa shape index (κ1) is 40.7. The molecule has 6 atom stereocenters. The summed E-state index contributed by atoms with van der Waals surface area (Å²) in [6.07, 6.45) is 0.475. The van der Waals surface area contributed by atoms with Gasteiger partial charge in [-0.1, -0.05) is 29.0 Å². The van der Waals surface area contributed by atoms with Crippen LogP contribution in [0.5, 0.6) is 0 Å². The molecular formula is C22H37IN7O15P3. The topological polar surface area (TPSA) is 323 Å². The van der Waals surface area contributed by atoms with Crippen molar-refractivity contribution in [2.45, 2.75) is 63.1 Å². The third-order valence-electron chi connectivity index (χ3n) is 6.53. The number of amides is 2. The predicted molar refractivity (Wildman–Crippen MR) is 172 cm³/mol. The quantitative estimate of drug-likeness (QED) is 0.0351. The van der Waals surface area contributed by atoms with E-state index < -0.39 is 54.6 Å². The van der Waals surface area contributed by atoms with E-state index in [-0.39, 0.29) is 17.5 Å². The first-order valence-corrected chi connectivity index (χ1v) is 20.4. The average molecular weight is 859 g/mol. The lowest BCUT2D eigenvalue weighted by Crippen LogP contribution is -2.33. The maximum atomic E-state index is 12.0. The Labute approximate surface area is 286 Å². The number of ether oxygens (including phenoxy) is 1. The SMILES string of the molecule is O=C(CI)NCCCCCC(=O)NCCCCNc1ncnc2c1ncn2C1OC(COP(=O)(O)OP(=O)(O)OP(=O)(O)O)C(O)C1O. The summed E-state index contributed by atoms with van der Waals surface area (Å²) in [6.45, 7) is 0.583. The highest BCUT2D eigenvalue weighted by Crippen LogP contribution is 2.66. The number of hydrogen-bond acceptors (Lipinski definition) is 15. The lowest BCUT2D eigenvalue weighted by molar-refractivity contribution is -0.121. The molecule has 0 bridgehead atoms. The van der Waals surface area contributed by atoms with Crippen LogP contribution in [0.1, 0.15) is 44.8 Å². The summed E-state index contributed by atoms with van der Waals surface area (Å²) in [6, 6.07) is 0. The molecule has 6 unspecified atom stereocenters. The summed E-state index contributed by atoms with van der Waals surface area (Å²) >= 11 is 1.99. The molecule has 0 saturated carbocycles. The van der Waals surface area contributed by atoms with Gasteiger partial charge in [-0.05, 0) is 25.7 Å². The number of phosphoric acid groups is 3. The number of carbonyl (C=O) groups excluding carboxylic acids is 2. The molecule has 1 aliphatic rings. The fourth-order valence-corrected chi connectivity index (χ4v) is 7.67. The molecule has 0 aliphatic carbocycles. The molecule has 1 saturated heterocycles. The molecular weight excluding hydrogens is 822 g/mol. The van der Waals surface area contributed by atoms with Crippen molar-refractivity contribution in [2.24, 2.45) is 0 Å². The average Bonchev–Trinajstić information content (AvgIpc) is 3.54. The summed E-state index contributed by atoms with van der Waals surface area (Å²) in [5.74, 6) is 0.312. The number of nitrogens with one attached hydrogen (secondary N) is 3. The minimum atomic E-state index is -5.75. The van der Waals surface area contributed by atoms with Gasteiger partial charge in [0.2, 0.25) is 11.8 Å². The first-order chi connectivity index (χ1) is 22.5. The Morgan fingerprint density at radius 2 is 1.54 bits per heavy atom. The maximum Gasteiger partial charge on any atom is 0.490 e. The van der Waals surface area contributed by atoms with E-state index in [1.807, 2.05) is 22.6 Å². The van der Waals surface area contributed by atoms with E-state index in [9.17, 15) is 43.3 Å². The van der Waals surface area contributed by atoms with Gasteiger partial charge in [0.1, 0.15) is 24.6 Å². The zero-order valence-corrected chi connectivity index (χ0v) is 29.9. The van der Waals surface area contributed by atoms with Crippen molar-refractivity contribution < 1.29 is 71.0 Å². The standard InChI is InChI=1S/C22H37IN7O15P3/c23-10-16(32)25-7-3-1-2-6-15(31)24-8-4-5-9-26-20-17-21(28-12-27-20)30(13-29-17)22-19(34)18(33)14(43-22)11-42-47(38,39)45-48(40,41)44-46(35,36)37/h12-14,18-19,22,33-34H,1-11H2,(H,24,31)(H,25,32)(H,38,39)(H,40,41)(H,26,27,28)(H2,35,36,37). The monoisotopic (exact) mass is 859 g/mol. The highest BCUT2D eigenvalue weighted by Gasteiger charge is 2.47. The third-order valence-corrected chi connectivity index (χ3v) is 11.0. The lowest BCUT2D eigenvalue weighted by Gasteiger charge is -2.19. The molecule has 22 nitrogen and oxygen atoms in total. The van der Waals surface area contributed by atoms with Crippen LogP contribution in [0, 0.1) is 0 Å². The minimum absolute atomic E-state index is 0.00259. The van der Waals surface area contributed by atoms with E-state index in [0.717, 1.165) is 19.3 Å². The zero-order valence-electron chi connectivity index (χ0n) is 25.1. The Kier molecular flexibility index (Phi) is 15.7. The van der Waals surface area contributed by atoms with Crippen LogP contribution in [0.25, 0.3) is 11.2 Å². The van der Waals surface area contributed by atoms with Crippen LogP contribution < -0.4 is 16.0 Å². The van der Waals surface area contributed by atoms with E-state index in [0.29, 0.717) is 54.7 Å². The highest BCUT2D eigenvalue weighted by molar-refractivity contribution is 14.1. The van der Waals surface area contributed by atoms with E-state index in [1.165, 1.54) is 17.2 Å². The summed E-state index contributed by atoms with van der Waals surface area (Å²) in [7, 11) is -16.8. The number of rotatable bonds is 21. The van der Waals surface area contributed by atoms with Gasteiger partial charge >= 0.3 is 23.5 Å². The molecule has 9 N–H and O–H groups in total. The normalized spacial score (nSPS) is 22.2. The Morgan fingerprint density at radius 3 is 2.23 bits per heavy atom. The van der Waals surface area contributed by atoms with E-state index in [4.69, 9.17) is 14.5 Å². The number of aromatic nitrogens is 4. The van der Waals surface area contributed by atoms with Gasteiger partial charge in [-0.3, -0.25) is 18.7 Å². The minimum Gasteiger partial charge on any atom is -0.387 e. The number of halogens is 1. The molecule has 1 aliphatic heterocycles. The van der Waals surface area contributed by atoms with Gasteiger partial charge in [0.15, 0.2) is 23.2 Å². The molecule has 48 heavy (non-hydrogen) atoms. The van der Waals surface area contributed by atoms with Crippen molar-refractivity contribution in [3.63, 3.8) is 0 Å². The number of aliphatic hydroxyl groups excluding tert-OH is 2. The highest BCUT2D eigenvalue weighted by atomic mass is 127. The van der Waals surface area contributed by atoms with Gasteiger partial charge in [-0.15, -0.1) is 0 Å². The molecule has 3 heterocycles. The number of fused-ring (bicyclic) bond motifs is 1. The Balaban J connectivity index is 1.44. The fourth-order valence-electron chi connectivity index (χ4n) is 4.37. The van der Waals surface area contributed by atoms with Gasteiger partial charge in [0.05, 0.1) is 17.4 Å². The molecule has 0 aromatic carbocycles. The molecule has 3 rings (SSSR count).